The maximum Gasteiger partial charge on any atom is 0.416 e. The van der Waals surface area contributed by atoms with E-state index < -0.39 is 29.5 Å². The molecule has 0 aromatic heterocycles. The minimum Gasteiger partial charge on any atom is -0.367 e. The second-order valence-corrected chi connectivity index (χ2v) is 10.5. The Morgan fingerprint density at radius 1 is 0.698 bits per heavy atom. The Balaban J connectivity index is 1.30. The molecular formula is C31H31F4N5O3. The number of alkyl halides is 3. The molecule has 4 amide bonds. The summed E-state index contributed by atoms with van der Waals surface area (Å²) in [6.07, 6.45) is -1.66. The summed E-state index contributed by atoms with van der Waals surface area (Å²) in [6.45, 7) is 2.60. The molecule has 0 aliphatic carbocycles. The largest absolute Gasteiger partial charge is 0.416 e. The Morgan fingerprint density at radius 2 is 1.37 bits per heavy atom. The first-order valence-corrected chi connectivity index (χ1v) is 14.1. The van der Waals surface area contributed by atoms with Gasteiger partial charge in [-0.1, -0.05) is 6.07 Å². The third-order valence-corrected chi connectivity index (χ3v) is 7.58. The second kappa shape index (κ2) is 12.7. The van der Waals surface area contributed by atoms with E-state index in [2.05, 4.69) is 10.6 Å². The molecule has 0 unspecified atom stereocenters. The summed E-state index contributed by atoms with van der Waals surface area (Å²) in [5, 5.41) is 5.32. The van der Waals surface area contributed by atoms with Crippen molar-refractivity contribution in [1.29, 1.82) is 0 Å². The molecular weight excluding hydrogens is 566 g/mol. The molecule has 12 heteroatoms. The van der Waals surface area contributed by atoms with Gasteiger partial charge in [0, 0.05) is 61.9 Å². The number of carbonyl (C=O) groups is 3. The predicted octanol–water partition coefficient (Wildman–Crippen LogP) is 6.08. The van der Waals surface area contributed by atoms with Crippen LogP contribution in [0.1, 0.15) is 45.5 Å². The van der Waals surface area contributed by atoms with E-state index in [1.807, 2.05) is 4.90 Å². The fourth-order valence-electron chi connectivity index (χ4n) is 5.26. The molecule has 5 rings (SSSR count). The van der Waals surface area contributed by atoms with E-state index in [-0.39, 0.29) is 30.2 Å². The van der Waals surface area contributed by atoms with Crippen molar-refractivity contribution in [2.45, 2.75) is 25.4 Å². The van der Waals surface area contributed by atoms with Crippen LogP contribution in [0.3, 0.4) is 0 Å². The van der Waals surface area contributed by atoms with Crippen molar-refractivity contribution in [3.8, 4) is 0 Å². The van der Waals surface area contributed by atoms with Crippen LogP contribution in [0.5, 0.6) is 0 Å². The minimum absolute atomic E-state index is 0.0509. The Morgan fingerprint density at radius 3 is 2.05 bits per heavy atom. The summed E-state index contributed by atoms with van der Waals surface area (Å²) in [7, 11) is 0. The van der Waals surface area contributed by atoms with E-state index in [9.17, 15) is 31.9 Å². The number of halogens is 4. The zero-order chi connectivity index (χ0) is 30.6. The maximum absolute atomic E-state index is 13.7. The highest BCUT2D eigenvalue weighted by molar-refractivity contribution is 6.06. The number of piperazine rings is 1. The van der Waals surface area contributed by atoms with Crippen LogP contribution in [-0.4, -0.2) is 66.9 Å². The molecule has 3 aromatic carbocycles. The number of piperidine rings is 1. The number of hydrogen-bond acceptors (Lipinski definition) is 4. The number of carbonyl (C=O) groups excluding carboxylic acids is 3. The van der Waals surface area contributed by atoms with E-state index in [4.69, 9.17) is 0 Å². The molecule has 2 aliphatic rings. The number of urea groups is 1. The lowest BCUT2D eigenvalue weighted by Gasteiger charge is -2.37. The lowest BCUT2D eigenvalue weighted by Crippen LogP contribution is -2.50. The van der Waals surface area contributed by atoms with Crippen LogP contribution in [0.15, 0.2) is 66.7 Å². The summed E-state index contributed by atoms with van der Waals surface area (Å²) >= 11 is 0. The van der Waals surface area contributed by atoms with Gasteiger partial charge in [-0.05, 0) is 79.9 Å². The van der Waals surface area contributed by atoms with E-state index in [1.165, 1.54) is 41.3 Å². The SMILES string of the molecule is O=C(Nc1ccc(N2CCN(C(=O)Nc3cccc(C(F)(F)F)c3)CC2)c(C(=O)N2CCCCC2)c1)c1ccc(F)cc1. The average Bonchev–Trinajstić information content (AvgIpc) is 3.01. The average molecular weight is 598 g/mol. The van der Waals surface area contributed by atoms with Crippen LogP contribution >= 0.6 is 0 Å². The molecule has 43 heavy (non-hydrogen) atoms. The van der Waals surface area contributed by atoms with Crippen molar-refractivity contribution < 1.29 is 31.9 Å². The Bertz CT molecular complexity index is 1480. The predicted molar refractivity (Wildman–Crippen MR) is 155 cm³/mol. The number of anilines is 3. The van der Waals surface area contributed by atoms with E-state index in [1.54, 1.807) is 23.1 Å². The van der Waals surface area contributed by atoms with Gasteiger partial charge < -0.3 is 25.3 Å². The van der Waals surface area contributed by atoms with Crippen LogP contribution < -0.4 is 15.5 Å². The first-order chi connectivity index (χ1) is 20.6. The summed E-state index contributed by atoms with van der Waals surface area (Å²) in [5.41, 5.74) is 0.966. The quantitative estimate of drug-likeness (QED) is 0.350. The van der Waals surface area contributed by atoms with Gasteiger partial charge in [-0.3, -0.25) is 9.59 Å². The van der Waals surface area contributed by atoms with Crippen LogP contribution in [0.2, 0.25) is 0 Å². The summed E-state index contributed by atoms with van der Waals surface area (Å²) in [5.74, 6) is -1.05. The van der Waals surface area contributed by atoms with Gasteiger partial charge in [0.05, 0.1) is 11.1 Å². The fourth-order valence-corrected chi connectivity index (χ4v) is 5.26. The van der Waals surface area contributed by atoms with Crippen molar-refractivity contribution >= 4 is 34.9 Å². The molecule has 8 nitrogen and oxygen atoms in total. The Hall–Kier alpha value is -4.61. The van der Waals surface area contributed by atoms with E-state index in [0.717, 1.165) is 31.4 Å². The van der Waals surface area contributed by atoms with Crippen molar-refractivity contribution in [1.82, 2.24) is 9.80 Å². The molecule has 2 N–H and O–H groups in total. The third-order valence-electron chi connectivity index (χ3n) is 7.58. The summed E-state index contributed by atoms with van der Waals surface area (Å²) < 4.78 is 52.5. The lowest BCUT2D eigenvalue weighted by molar-refractivity contribution is -0.137. The molecule has 226 valence electrons. The molecule has 0 bridgehead atoms. The van der Waals surface area contributed by atoms with Gasteiger partial charge in [-0.25, -0.2) is 9.18 Å². The number of rotatable bonds is 5. The smallest absolute Gasteiger partial charge is 0.367 e. The lowest BCUT2D eigenvalue weighted by atomic mass is 10.1. The molecule has 0 spiro atoms. The number of likely N-dealkylation sites (tertiary alicyclic amines) is 1. The number of hydrogen-bond donors (Lipinski definition) is 2. The standard InChI is InChI=1S/C31H31F4N5O3/c32-23-9-7-21(8-10-23)28(41)36-25-11-12-27(26(20-25)29(42)39-13-2-1-3-14-39)38-15-17-40(18-16-38)30(43)37-24-6-4-5-22(19-24)31(33,34)35/h4-12,19-20H,1-3,13-18H2,(H,36,41)(H,37,43). The fraction of sp³-hybridized carbons (Fsp3) is 0.323. The summed E-state index contributed by atoms with van der Waals surface area (Å²) in [4.78, 5) is 44.6. The van der Waals surface area contributed by atoms with E-state index >= 15 is 0 Å². The first kappa shape index (κ1) is 29.9. The van der Waals surface area contributed by atoms with Gasteiger partial charge >= 0.3 is 12.2 Å². The Labute approximate surface area is 246 Å². The molecule has 2 fully saturated rings. The van der Waals surface area contributed by atoms with Crippen LogP contribution in [0.4, 0.5) is 39.4 Å². The number of nitrogens with zero attached hydrogens (tertiary/aromatic N) is 3. The molecule has 2 saturated heterocycles. The summed E-state index contributed by atoms with van der Waals surface area (Å²) in [6, 6.07) is 14.2. The molecule has 0 atom stereocenters. The van der Waals surface area contributed by atoms with Crippen LogP contribution in [0.25, 0.3) is 0 Å². The Kier molecular flexibility index (Phi) is 8.84. The molecule has 2 aliphatic heterocycles. The van der Waals surface area contributed by atoms with Gasteiger partial charge in [-0.15, -0.1) is 0 Å². The second-order valence-electron chi connectivity index (χ2n) is 10.5. The van der Waals surface area contributed by atoms with Crippen molar-refractivity contribution in [3.63, 3.8) is 0 Å². The normalized spacial score (nSPS) is 15.7. The van der Waals surface area contributed by atoms with Crippen molar-refractivity contribution in [2.75, 3.05) is 54.8 Å². The maximum atomic E-state index is 13.7. The zero-order valence-electron chi connectivity index (χ0n) is 23.3. The highest BCUT2D eigenvalue weighted by Gasteiger charge is 2.31. The number of benzene rings is 3. The van der Waals surface area contributed by atoms with Crippen LogP contribution in [-0.2, 0) is 6.18 Å². The first-order valence-electron chi connectivity index (χ1n) is 14.1. The number of nitrogens with one attached hydrogen (secondary N) is 2. The van der Waals surface area contributed by atoms with Crippen LogP contribution in [0, 0.1) is 5.82 Å². The topological polar surface area (TPSA) is 85.0 Å². The third kappa shape index (κ3) is 7.25. The van der Waals surface area contributed by atoms with Gasteiger partial charge in [0.2, 0.25) is 0 Å². The molecule has 0 saturated carbocycles. The van der Waals surface area contributed by atoms with Crippen molar-refractivity contribution in [2.24, 2.45) is 0 Å². The number of amides is 4. The monoisotopic (exact) mass is 597 g/mol. The van der Waals surface area contributed by atoms with Gasteiger partial charge in [0.15, 0.2) is 0 Å². The molecule has 3 aromatic rings. The zero-order valence-corrected chi connectivity index (χ0v) is 23.3. The molecule has 0 radical (unpaired) electrons. The van der Waals surface area contributed by atoms with E-state index in [0.29, 0.717) is 43.1 Å². The highest BCUT2D eigenvalue weighted by Crippen LogP contribution is 2.31. The highest BCUT2D eigenvalue weighted by atomic mass is 19.4. The van der Waals surface area contributed by atoms with Gasteiger partial charge in [0.25, 0.3) is 11.8 Å². The van der Waals surface area contributed by atoms with Crippen molar-refractivity contribution in [3.05, 3.63) is 89.2 Å². The van der Waals surface area contributed by atoms with Gasteiger partial charge in [-0.2, -0.15) is 13.2 Å². The molecule has 2 heterocycles. The minimum atomic E-state index is -4.52. The van der Waals surface area contributed by atoms with Gasteiger partial charge in [0.1, 0.15) is 5.82 Å².